The van der Waals surface area contributed by atoms with Gasteiger partial charge in [-0.3, -0.25) is 0 Å². The van der Waals surface area contributed by atoms with Crippen LogP contribution in [0.4, 0.5) is 9.18 Å². The number of amides is 1. The van der Waals surface area contributed by atoms with Crippen LogP contribution in [0.1, 0.15) is 60.3 Å². The summed E-state index contributed by atoms with van der Waals surface area (Å²) in [6.07, 6.45) is 2.90. The fraction of sp³-hybridized carbons (Fsp3) is 0.367. The number of fused-ring (bicyclic) bond motifs is 5. The van der Waals surface area contributed by atoms with Crippen LogP contribution in [-0.4, -0.2) is 34.8 Å². The molecule has 2 atom stereocenters. The molecule has 2 saturated heterocycles. The number of nitrogens with zero attached hydrogens (tertiary/aromatic N) is 1. The SMILES string of the molecule is Cc1ccc(C2(O)CC3CCCC(C2)N3C(=O)OCC2c3ccccc3-c3ccccc32)c(F)c1. The first-order chi connectivity index (χ1) is 16.9. The summed E-state index contributed by atoms with van der Waals surface area (Å²) >= 11 is 0. The van der Waals surface area contributed by atoms with E-state index < -0.39 is 5.60 Å². The van der Waals surface area contributed by atoms with Gasteiger partial charge in [0.2, 0.25) is 0 Å². The van der Waals surface area contributed by atoms with Gasteiger partial charge >= 0.3 is 6.09 Å². The van der Waals surface area contributed by atoms with E-state index >= 15 is 0 Å². The molecule has 5 heteroatoms. The monoisotopic (exact) mass is 471 g/mol. The van der Waals surface area contributed by atoms with Crippen molar-refractivity contribution in [3.05, 3.63) is 94.8 Å². The average Bonchev–Trinajstić information content (AvgIpc) is 3.15. The molecule has 2 bridgehead atoms. The highest BCUT2D eigenvalue weighted by atomic mass is 19.1. The van der Waals surface area contributed by atoms with E-state index in [1.807, 2.05) is 42.2 Å². The molecule has 2 fully saturated rings. The lowest BCUT2D eigenvalue weighted by molar-refractivity contribution is -0.0906. The summed E-state index contributed by atoms with van der Waals surface area (Å²) in [7, 11) is 0. The molecular weight excluding hydrogens is 441 g/mol. The molecule has 3 aliphatic rings. The molecule has 4 nitrogen and oxygen atoms in total. The molecule has 35 heavy (non-hydrogen) atoms. The highest BCUT2D eigenvalue weighted by molar-refractivity contribution is 5.79. The van der Waals surface area contributed by atoms with Crippen LogP contribution in [0.5, 0.6) is 0 Å². The van der Waals surface area contributed by atoms with Gasteiger partial charge in [0.05, 0.1) is 5.60 Å². The normalized spacial score (nSPS) is 25.2. The number of halogens is 1. The third-order valence-electron chi connectivity index (χ3n) is 8.18. The Labute approximate surface area is 205 Å². The first-order valence-corrected chi connectivity index (χ1v) is 12.6. The van der Waals surface area contributed by atoms with Gasteiger partial charge in [-0.15, -0.1) is 0 Å². The molecular formula is C30H30FNO3. The van der Waals surface area contributed by atoms with Gasteiger partial charge in [0, 0.05) is 36.4 Å². The smallest absolute Gasteiger partial charge is 0.410 e. The number of hydrogen-bond acceptors (Lipinski definition) is 3. The molecule has 0 saturated carbocycles. The Bertz CT molecular complexity index is 1230. The molecule has 2 unspecified atom stereocenters. The van der Waals surface area contributed by atoms with E-state index in [1.54, 1.807) is 6.07 Å². The number of hydrogen-bond donors (Lipinski definition) is 1. The summed E-state index contributed by atoms with van der Waals surface area (Å²) < 4.78 is 20.7. The number of rotatable bonds is 3. The highest BCUT2D eigenvalue weighted by Crippen LogP contribution is 2.47. The predicted octanol–water partition coefficient (Wildman–Crippen LogP) is 6.29. The number of benzene rings is 3. The van der Waals surface area contributed by atoms with Crippen LogP contribution >= 0.6 is 0 Å². The molecule has 3 aromatic carbocycles. The number of aliphatic hydroxyl groups is 1. The largest absolute Gasteiger partial charge is 0.448 e. The number of piperidine rings is 2. The van der Waals surface area contributed by atoms with Crippen LogP contribution in [-0.2, 0) is 10.3 Å². The molecule has 180 valence electrons. The molecule has 0 radical (unpaired) electrons. The van der Waals surface area contributed by atoms with Crippen LogP contribution in [0, 0.1) is 12.7 Å². The Morgan fingerprint density at radius 3 is 2.20 bits per heavy atom. The van der Waals surface area contributed by atoms with Gasteiger partial charge in [-0.2, -0.15) is 0 Å². The van der Waals surface area contributed by atoms with Gasteiger partial charge in [0.25, 0.3) is 0 Å². The Hall–Kier alpha value is -3.18. The molecule has 0 spiro atoms. The number of aryl methyl sites for hydroxylation is 1. The molecule has 1 N–H and O–H groups in total. The van der Waals surface area contributed by atoms with E-state index in [0.29, 0.717) is 18.4 Å². The second-order valence-corrected chi connectivity index (χ2v) is 10.4. The minimum atomic E-state index is -1.27. The summed E-state index contributed by atoms with van der Waals surface area (Å²) in [6, 6.07) is 21.3. The van der Waals surface area contributed by atoms with Crippen molar-refractivity contribution in [1.82, 2.24) is 4.90 Å². The second kappa shape index (κ2) is 8.49. The van der Waals surface area contributed by atoms with Crippen LogP contribution in [0.25, 0.3) is 11.1 Å². The van der Waals surface area contributed by atoms with E-state index in [9.17, 15) is 14.3 Å². The predicted molar refractivity (Wildman–Crippen MR) is 133 cm³/mol. The van der Waals surface area contributed by atoms with Crippen molar-refractivity contribution in [2.45, 2.75) is 62.6 Å². The van der Waals surface area contributed by atoms with Crippen molar-refractivity contribution in [3.8, 4) is 11.1 Å². The van der Waals surface area contributed by atoms with E-state index in [4.69, 9.17) is 4.74 Å². The van der Waals surface area contributed by atoms with Crippen molar-refractivity contribution in [2.75, 3.05) is 6.61 Å². The maximum absolute atomic E-state index is 14.8. The van der Waals surface area contributed by atoms with Crippen molar-refractivity contribution in [2.24, 2.45) is 0 Å². The highest BCUT2D eigenvalue weighted by Gasteiger charge is 2.49. The van der Waals surface area contributed by atoms with Crippen LogP contribution in [0.15, 0.2) is 66.7 Å². The van der Waals surface area contributed by atoms with E-state index in [2.05, 4.69) is 24.3 Å². The van der Waals surface area contributed by atoms with Crippen molar-refractivity contribution >= 4 is 6.09 Å². The van der Waals surface area contributed by atoms with Crippen LogP contribution in [0.3, 0.4) is 0 Å². The Balaban J connectivity index is 1.21. The third-order valence-corrected chi connectivity index (χ3v) is 8.18. The summed E-state index contributed by atoms with van der Waals surface area (Å²) in [5.41, 5.74) is 4.66. The van der Waals surface area contributed by atoms with E-state index in [1.165, 1.54) is 28.3 Å². The lowest BCUT2D eigenvalue weighted by Crippen LogP contribution is -2.59. The Morgan fingerprint density at radius 2 is 1.60 bits per heavy atom. The summed E-state index contributed by atoms with van der Waals surface area (Å²) in [5.74, 6) is -0.366. The molecule has 0 aromatic heterocycles. The van der Waals surface area contributed by atoms with E-state index in [0.717, 1.165) is 24.8 Å². The number of carbonyl (C=O) groups is 1. The zero-order valence-corrected chi connectivity index (χ0v) is 19.9. The lowest BCUT2D eigenvalue weighted by Gasteiger charge is -2.51. The minimum absolute atomic E-state index is 0.00886. The van der Waals surface area contributed by atoms with Gasteiger partial charge in [-0.05, 0) is 60.1 Å². The quantitative estimate of drug-likeness (QED) is 0.489. The van der Waals surface area contributed by atoms with Crippen LogP contribution < -0.4 is 0 Å². The summed E-state index contributed by atoms with van der Waals surface area (Å²) in [4.78, 5) is 15.2. The summed E-state index contributed by atoms with van der Waals surface area (Å²) in [5, 5.41) is 11.5. The maximum Gasteiger partial charge on any atom is 0.410 e. The van der Waals surface area contributed by atoms with Crippen molar-refractivity contribution in [1.29, 1.82) is 0 Å². The minimum Gasteiger partial charge on any atom is -0.448 e. The van der Waals surface area contributed by atoms with Gasteiger partial charge in [0.1, 0.15) is 12.4 Å². The zero-order valence-electron chi connectivity index (χ0n) is 19.9. The van der Waals surface area contributed by atoms with Crippen molar-refractivity contribution < 1.29 is 19.0 Å². The fourth-order valence-corrected chi connectivity index (χ4v) is 6.61. The van der Waals surface area contributed by atoms with E-state index in [-0.39, 0.29) is 36.5 Å². The lowest BCUT2D eigenvalue weighted by atomic mass is 9.72. The molecule has 3 aromatic rings. The van der Waals surface area contributed by atoms with Gasteiger partial charge in [0.15, 0.2) is 0 Å². The van der Waals surface area contributed by atoms with Gasteiger partial charge < -0.3 is 14.7 Å². The first-order valence-electron chi connectivity index (χ1n) is 12.6. The number of carbonyl (C=O) groups excluding carboxylic acids is 1. The molecule has 1 aliphatic carbocycles. The molecule has 6 rings (SSSR count). The molecule has 1 amide bonds. The summed E-state index contributed by atoms with van der Waals surface area (Å²) in [6.45, 7) is 2.12. The van der Waals surface area contributed by atoms with Crippen LogP contribution in [0.2, 0.25) is 0 Å². The van der Waals surface area contributed by atoms with Gasteiger partial charge in [-0.25, -0.2) is 9.18 Å². The topological polar surface area (TPSA) is 49.8 Å². The standard InChI is InChI=1S/C30H30FNO3/c1-19-13-14-27(28(31)15-19)30(34)16-20-7-6-8-21(17-30)32(20)29(33)35-18-26-24-11-4-2-9-22(24)23-10-3-5-12-25(23)26/h2-5,9-15,20-21,26,34H,6-8,16-18H2,1H3. The van der Waals surface area contributed by atoms with Crippen molar-refractivity contribution in [3.63, 3.8) is 0 Å². The Morgan fingerprint density at radius 1 is 1.00 bits per heavy atom. The zero-order chi connectivity index (χ0) is 24.2. The second-order valence-electron chi connectivity index (χ2n) is 10.4. The molecule has 2 heterocycles. The maximum atomic E-state index is 14.8. The number of ether oxygens (including phenoxy) is 1. The fourth-order valence-electron chi connectivity index (χ4n) is 6.61. The first kappa shape index (κ1) is 22.3. The van der Waals surface area contributed by atoms with Gasteiger partial charge in [-0.1, -0.05) is 60.7 Å². The Kier molecular flexibility index (Phi) is 5.41. The molecule has 2 aliphatic heterocycles. The average molecular weight is 472 g/mol. The third kappa shape index (κ3) is 3.73.